The molecule has 6 heteroatoms. The Kier molecular flexibility index (Phi) is 5.81. The number of hydrogen-bond donors (Lipinski definition) is 1. The summed E-state index contributed by atoms with van der Waals surface area (Å²) in [5.74, 6) is -0.0810. The molecule has 1 atom stereocenters. The first kappa shape index (κ1) is 18.7. The number of rotatable bonds is 6. The molecule has 1 aromatic rings. The summed E-state index contributed by atoms with van der Waals surface area (Å²) in [6, 6.07) is 7.88. The van der Waals surface area contributed by atoms with Crippen LogP contribution >= 0.6 is 0 Å². The van der Waals surface area contributed by atoms with Crippen LogP contribution in [0.1, 0.15) is 42.5 Å². The van der Waals surface area contributed by atoms with Crippen LogP contribution < -0.4 is 10.2 Å². The molecule has 2 amide bonds. The van der Waals surface area contributed by atoms with Crippen LogP contribution in [0.3, 0.4) is 0 Å². The van der Waals surface area contributed by atoms with Crippen LogP contribution in [-0.4, -0.2) is 62.7 Å². The highest BCUT2D eigenvalue weighted by molar-refractivity contribution is 5.95. The molecule has 2 fully saturated rings. The molecule has 0 spiro atoms. The first-order chi connectivity index (χ1) is 12.6. The van der Waals surface area contributed by atoms with Gasteiger partial charge < -0.3 is 19.9 Å². The molecule has 2 aliphatic rings. The summed E-state index contributed by atoms with van der Waals surface area (Å²) in [4.78, 5) is 29.4. The molecule has 0 aliphatic carbocycles. The lowest BCUT2D eigenvalue weighted by Gasteiger charge is -2.37. The van der Waals surface area contributed by atoms with Crippen molar-refractivity contribution in [1.29, 1.82) is 0 Å². The number of benzene rings is 1. The van der Waals surface area contributed by atoms with Gasteiger partial charge in [0.1, 0.15) is 0 Å². The Hall–Kier alpha value is -2.08. The van der Waals surface area contributed by atoms with Crippen LogP contribution in [0.2, 0.25) is 0 Å². The Morgan fingerprint density at radius 2 is 1.81 bits per heavy atom. The number of likely N-dealkylation sites (tertiary alicyclic amines) is 1. The normalized spacial score (nSPS) is 22.7. The van der Waals surface area contributed by atoms with E-state index < -0.39 is 5.54 Å². The summed E-state index contributed by atoms with van der Waals surface area (Å²) < 4.78 is 5.40. The summed E-state index contributed by atoms with van der Waals surface area (Å²) >= 11 is 0. The Morgan fingerprint density at radius 3 is 2.42 bits per heavy atom. The van der Waals surface area contributed by atoms with E-state index in [0.29, 0.717) is 18.7 Å². The number of carbonyl (C=O) groups is 2. The second kappa shape index (κ2) is 8.08. The van der Waals surface area contributed by atoms with Crippen molar-refractivity contribution in [2.24, 2.45) is 0 Å². The number of hydrogen-bond acceptors (Lipinski definition) is 4. The minimum Gasteiger partial charge on any atom is -0.382 e. The monoisotopic (exact) mass is 359 g/mol. The van der Waals surface area contributed by atoms with E-state index in [4.69, 9.17) is 4.74 Å². The van der Waals surface area contributed by atoms with Gasteiger partial charge in [-0.25, -0.2) is 0 Å². The zero-order chi connectivity index (χ0) is 18.6. The maximum Gasteiger partial charge on any atom is 0.254 e. The molecule has 26 heavy (non-hydrogen) atoms. The number of ether oxygens (including phenoxy) is 1. The molecule has 2 aliphatic heterocycles. The van der Waals surface area contributed by atoms with Crippen LogP contribution in [0.5, 0.6) is 0 Å². The minimum absolute atomic E-state index is 0.0172. The molecule has 1 aromatic carbocycles. The third-order valence-electron chi connectivity index (χ3n) is 5.61. The van der Waals surface area contributed by atoms with Crippen LogP contribution in [0, 0.1) is 0 Å². The predicted octanol–water partition coefficient (Wildman–Crippen LogP) is 2.04. The Balaban J connectivity index is 1.78. The summed E-state index contributed by atoms with van der Waals surface area (Å²) in [5.41, 5.74) is 1.29. The highest BCUT2D eigenvalue weighted by Gasteiger charge is 2.45. The van der Waals surface area contributed by atoms with E-state index in [0.717, 1.165) is 25.9 Å². The van der Waals surface area contributed by atoms with Crippen molar-refractivity contribution in [3.05, 3.63) is 29.8 Å². The van der Waals surface area contributed by atoms with Gasteiger partial charge in [-0.3, -0.25) is 9.59 Å². The second-order valence-corrected chi connectivity index (χ2v) is 7.31. The highest BCUT2D eigenvalue weighted by Crippen LogP contribution is 2.34. The molecule has 0 radical (unpaired) electrons. The summed E-state index contributed by atoms with van der Waals surface area (Å²) in [7, 11) is 3.25. The van der Waals surface area contributed by atoms with E-state index in [-0.39, 0.29) is 18.2 Å². The van der Waals surface area contributed by atoms with Crippen molar-refractivity contribution >= 4 is 17.5 Å². The first-order valence-electron chi connectivity index (χ1n) is 9.46. The van der Waals surface area contributed by atoms with Gasteiger partial charge in [-0.15, -0.1) is 0 Å². The summed E-state index contributed by atoms with van der Waals surface area (Å²) in [6.07, 6.45) is 4.40. The quantitative estimate of drug-likeness (QED) is 0.844. The van der Waals surface area contributed by atoms with Crippen molar-refractivity contribution in [1.82, 2.24) is 10.2 Å². The average molecular weight is 359 g/mol. The third kappa shape index (κ3) is 3.70. The van der Waals surface area contributed by atoms with Crippen molar-refractivity contribution in [2.75, 3.05) is 45.3 Å². The molecule has 2 saturated heterocycles. The molecule has 142 valence electrons. The van der Waals surface area contributed by atoms with Crippen LogP contribution in [0.25, 0.3) is 0 Å². The smallest absolute Gasteiger partial charge is 0.254 e. The fourth-order valence-corrected chi connectivity index (χ4v) is 4.24. The van der Waals surface area contributed by atoms with Gasteiger partial charge >= 0.3 is 0 Å². The topological polar surface area (TPSA) is 61.9 Å². The fraction of sp³-hybridized carbons (Fsp3) is 0.600. The Labute approximate surface area is 155 Å². The number of nitrogens with one attached hydrogen (secondary N) is 1. The summed E-state index contributed by atoms with van der Waals surface area (Å²) in [6.45, 7) is 3.20. The molecule has 0 saturated carbocycles. The zero-order valence-corrected chi connectivity index (χ0v) is 15.8. The molecule has 3 rings (SSSR count). The number of amides is 2. The molecule has 0 aromatic heterocycles. The van der Waals surface area contributed by atoms with E-state index in [1.54, 1.807) is 14.2 Å². The van der Waals surface area contributed by atoms with Crippen LogP contribution in [-0.2, 0) is 9.53 Å². The SMILES string of the molecule is CNC(=O)C[C@]1(COC)CCCN1C(=O)c1ccc(N2CCCC2)cc1. The van der Waals surface area contributed by atoms with Gasteiger partial charge in [-0.2, -0.15) is 0 Å². The van der Waals surface area contributed by atoms with Gasteiger partial charge in [0.25, 0.3) is 5.91 Å². The number of nitrogens with zero attached hydrogens (tertiary/aromatic N) is 2. The van der Waals surface area contributed by atoms with E-state index in [2.05, 4.69) is 10.2 Å². The van der Waals surface area contributed by atoms with Gasteiger partial charge in [0.2, 0.25) is 5.91 Å². The van der Waals surface area contributed by atoms with Gasteiger partial charge in [0.15, 0.2) is 0 Å². The number of anilines is 1. The average Bonchev–Trinajstić information content (AvgIpc) is 3.32. The highest BCUT2D eigenvalue weighted by atomic mass is 16.5. The lowest BCUT2D eigenvalue weighted by atomic mass is 9.91. The fourth-order valence-electron chi connectivity index (χ4n) is 4.24. The molecule has 2 heterocycles. The van der Waals surface area contributed by atoms with E-state index in [1.807, 2.05) is 29.2 Å². The molecular formula is C20H29N3O3. The number of carbonyl (C=O) groups excluding carboxylic acids is 2. The third-order valence-corrected chi connectivity index (χ3v) is 5.61. The number of methoxy groups -OCH3 is 1. The zero-order valence-electron chi connectivity index (χ0n) is 15.8. The lowest BCUT2D eigenvalue weighted by Crippen LogP contribution is -2.52. The van der Waals surface area contributed by atoms with E-state index in [9.17, 15) is 9.59 Å². The standard InChI is InChI=1S/C20H29N3O3/c1-21-18(24)14-20(15-26-2)10-5-13-23(20)19(25)16-6-8-17(9-7-16)22-11-3-4-12-22/h6-9H,3-5,10-15H2,1-2H3,(H,21,24)/t20-/m0/s1. The van der Waals surface area contributed by atoms with Gasteiger partial charge in [-0.1, -0.05) is 0 Å². The lowest BCUT2D eigenvalue weighted by molar-refractivity contribution is -0.123. The minimum atomic E-state index is -0.556. The second-order valence-electron chi connectivity index (χ2n) is 7.31. The largest absolute Gasteiger partial charge is 0.382 e. The first-order valence-corrected chi connectivity index (χ1v) is 9.46. The van der Waals surface area contributed by atoms with Crippen LogP contribution in [0.15, 0.2) is 24.3 Å². The molecule has 0 unspecified atom stereocenters. The van der Waals surface area contributed by atoms with Crippen molar-refractivity contribution in [2.45, 2.75) is 37.6 Å². The summed E-state index contributed by atoms with van der Waals surface area (Å²) in [5, 5.41) is 2.68. The molecule has 0 bridgehead atoms. The van der Waals surface area contributed by atoms with Crippen molar-refractivity contribution in [3.8, 4) is 0 Å². The van der Waals surface area contributed by atoms with E-state index >= 15 is 0 Å². The molecular weight excluding hydrogens is 330 g/mol. The Morgan fingerprint density at radius 1 is 1.12 bits per heavy atom. The Bertz CT molecular complexity index is 640. The van der Waals surface area contributed by atoms with E-state index in [1.165, 1.54) is 18.5 Å². The van der Waals surface area contributed by atoms with Crippen LogP contribution in [0.4, 0.5) is 5.69 Å². The maximum atomic E-state index is 13.2. The van der Waals surface area contributed by atoms with Gasteiger partial charge in [0, 0.05) is 45.0 Å². The van der Waals surface area contributed by atoms with Gasteiger partial charge in [0.05, 0.1) is 18.6 Å². The van der Waals surface area contributed by atoms with Gasteiger partial charge in [-0.05, 0) is 49.9 Å². The molecule has 6 nitrogen and oxygen atoms in total. The van der Waals surface area contributed by atoms with Crippen molar-refractivity contribution in [3.63, 3.8) is 0 Å². The van der Waals surface area contributed by atoms with Crippen molar-refractivity contribution < 1.29 is 14.3 Å². The molecule has 1 N–H and O–H groups in total. The maximum absolute atomic E-state index is 13.2. The predicted molar refractivity (Wildman–Crippen MR) is 101 cm³/mol.